The summed E-state index contributed by atoms with van der Waals surface area (Å²) in [5.74, 6) is 0. The van der Waals surface area contributed by atoms with Gasteiger partial charge in [-0.15, -0.1) is 0 Å². The number of pyridine rings is 1. The van der Waals surface area contributed by atoms with E-state index < -0.39 is 0 Å². The van der Waals surface area contributed by atoms with Gasteiger partial charge in [0.15, 0.2) is 0 Å². The van der Waals surface area contributed by atoms with Crippen LogP contribution in [0.2, 0.25) is 5.15 Å². The average molecular weight is 212 g/mol. The second-order valence-corrected chi connectivity index (χ2v) is 4.04. The molecular formula is C12H18ClN. The molecular weight excluding hydrogens is 194 g/mol. The summed E-state index contributed by atoms with van der Waals surface area (Å²) in [4.78, 5) is 3.96. The Balaban J connectivity index is 2.18. The highest BCUT2D eigenvalue weighted by molar-refractivity contribution is 6.29. The van der Waals surface area contributed by atoms with Gasteiger partial charge in [0.1, 0.15) is 5.15 Å². The largest absolute Gasteiger partial charge is 0.245 e. The number of aromatic nitrogens is 1. The average Bonchev–Trinajstić information content (AvgIpc) is 2.18. The van der Waals surface area contributed by atoms with Crippen LogP contribution in [0.15, 0.2) is 18.3 Å². The predicted octanol–water partition coefficient (Wildman–Crippen LogP) is 4.25. The number of halogens is 1. The Morgan fingerprint density at radius 1 is 1.21 bits per heavy atom. The normalized spacial score (nSPS) is 10.4. The number of aryl methyl sites for hydroxylation is 1. The molecule has 0 unspecified atom stereocenters. The monoisotopic (exact) mass is 211 g/mol. The van der Waals surface area contributed by atoms with E-state index in [0.717, 1.165) is 6.42 Å². The summed E-state index contributed by atoms with van der Waals surface area (Å²) in [7, 11) is 0. The number of unbranched alkanes of at least 4 members (excludes halogenated alkanes) is 4. The number of nitrogens with zero attached hydrogens (tertiary/aromatic N) is 1. The van der Waals surface area contributed by atoms with Gasteiger partial charge >= 0.3 is 0 Å². The lowest BCUT2D eigenvalue weighted by Crippen LogP contribution is -1.87. The number of hydrogen-bond donors (Lipinski definition) is 0. The van der Waals surface area contributed by atoms with E-state index in [2.05, 4.69) is 11.9 Å². The van der Waals surface area contributed by atoms with Crippen molar-refractivity contribution in [2.45, 2.75) is 45.4 Å². The Labute approximate surface area is 91.5 Å². The first kappa shape index (κ1) is 11.5. The van der Waals surface area contributed by atoms with Gasteiger partial charge < -0.3 is 0 Å². The molecule has 0 radical (unpaired) electrons. The zero-order valence-electron chi connectivity index (χ0n) is 8.80. The van der Waals surface area contributed by atoms with Gasteiger partial charge in [-0.3, -0.25) is 0 Å². The summed E-state index contributed by atoms with van der Waals surface area (Å²) in [5, 5.41) is 0.607. The molecule has 0 saturated heterocycles. The van der Waals surface area contributed by atoms with Crippen LogP contribution < -0.4 is 0 Å². The molecule has 0 saturated carbocycles. The minimum absolute atomic E-state index is 0.607. The summed E-state index contributed by atoms with van der Waals surface area (Å²) in [6, 6.07) is 4.01. The van der Waals surface area contributed by atoms with Crippen molar-refractivity contribution in [3.63, 3.8) is 0 Å². The van der Waals surface area contributed by atoms with Gasteiger partial charge in [0, 0.05) is 6.20 Å². The van der Waals surface area contributed by atoms with Crippen molar-refractivity contribution in [3.05, 3.63) is 29.0 Å². The lowest BCUT2D eigenvalue weighted by molar-refractivity contribution is 0.632. The van der Waals surface area contributed by atoms with Crippen LogP contribution in [0, 0.1) is 0 Å². The van der Waals surface area contributed by atoms with Gasteiger partial charge in [-0.25, -0.2) is 4.98 Å². The first-order chi connectivity index (χ1) is 6.83. The molecule has 0 aliphatic rings. The summed E-state index contributed by atoms with van der Waals surface area (Å²) < 4.78 is 0. The predicted molar refractivity (Wildman–Crippen MR) is 61.7 cm³/mol. The van der Waals surface area contributed by atoms with Crippen molar-refractivity contribution >= 4 is 11.6 Å². The van der Waals surface area contributed by atoms with E-state index in [1.807, 2.05) is 12.1 Å². The molecule has 0 aliphatic heterocycles. The molecule has 1 aromatic heterocycles. The zero-order chi connectivity index (χ0) is 10.2. The van der Waals surface area contributed by atoms with Crippen LogP contribution in [0.25, 0.3) is 0 Å². The second-order valence-electron chi connectivity index (χ2n) is 3.65. The van der Waals surface area contributed by atoms with Crippen LogP contribution in [-0.2, 0) is 6.42 Å². The zero-order valence-corrected chi connectivity index (χ0v) is 9.56. The molecule has 1 aromatic rings. The highest BCUT2D eigenvalue weighted by atomic mass is 35.5. The van der Waals surface area contributed by atoms with Crippen molar-refractivity contribution < 1.29 is 0 Å². The van der Waals surface area contributed by atoms with Gasteiger partial charge in [-0.05, 0) is 30.5 Å². The Kier molecular flexibility index (Phi) is 5.62. The topological polar surface area (TPSA) is 12.9 Å². The first-order valence-electron chi connectivity index (χ1n) is 5.43. The van der Waals surface area contributed by atoms with Crippen LogP contribution in [0.5, 0.6) is 0 Å². The smallest absolute Gasteiger partial charge is 0.129 e. The van der Waals surface area contributed by atoms with Crippen molar-refractivity contribution in [2.75, 3.05) is 0 Å². The molecule has 0 amide bonds. The number of rotatable bonds is 6. The standard InChI is InChI=1S/C12H18ClN/c1-2-3-4-5-6-7-11-8-9-14-12(13)10-11/h8-10H,2-7H2,1H3. The van der Waals surface area contributed by atoms with E-state index >= 15 is 0 Å². The van der Waals surface area contributed by atoms with Gasteiger partial charge in [0.25, 0.3) is 0 Å². The van der Waals surface area contributed by atoms with Crippen LogP contribution in [0.4, 0.5) is 0 Å². The van der Waals surface area contributed by atoms with Gasteiger partial charge in [-0.2, -0.15) is 0 Å². The summed E-state index contributed by atoms with van der Waals surface area (Å²) in [6.45, 7) is 2.24. The summed E-state index contributed by atoms with van der Waals surface area (Å²) in [5.41, 5.74) is 1.31. The third-order valence-electron chi connectivity index (χ3n) is 2.36. The molecule has 0 atom stereocenters. The van der Waals surface area contributed by atoms with Crippen LogP contribution in [0.1, 0.15) is 44.6 Å². The van der Waals surface area contributed by atoms with E-state index in [0.29, 0.717) is 5.15 Å². The van der Waals surface area contributed by atoms with Crippen LogP contribution in [0.3, 0.4) is 0 Å². The highest BCUT2D eigenvalue weighted by Crippen LogP contribution is 2.11. The SMILES string of the molecule is CCCCCCCc1ccnc(Cl)c1. The van der Waals surface area contributed by atoms with E-state index in [1.165, 1.54) is 37.7 Å². The second kappa shape index (κ2) is 6.83. The molecule has 78 valence electrons. The minimum atomic E-state index is 0.607. The minimum Gasteiger partial charge on any atom is -0.245 e. The third kappa shape index (κ3) is 4.61. The summed E-state index contributed by atoms with van der Waals surface area (Å²) in [6.07, 6.45) is 9.53. The Bertz CT molecular complexity index is 260. The van der Waals surface area contributed by atoms with E-state index in [9.17, 15) is 0 Å². The molecule has 1 nitrogen and oxygen atoms in total. The molecule has 0 N–H and O–H groups in total. The van der Waals surface area contributed by atoms with Crippen molar-refractivity contribution in [3.8, 4) is 0 Å². The van der Waals surface area contributed by atoms with Gasteiger partial charge in [0.05, 0.1) is 0 Å². The lowest BCUT2D eigenvalue weighted by Gasteiger charge is -2.01. The van der Waals surface area contributed by atoms with Crippen LogP contribution >= 0.6 is 11.6 Å². The highest BCUT2D eigenvalue weighted by Gasteiger charge is 1.95. The maximum Gasteiger partial charge on any atom is 0.129 e. The Hall–Kier alpha value is -0.560. The lowest BCUT2D eigenvalue weighted by atomic mass is 10.1. The van der Waals surface area contributed by atoms with Gasteiger partial charge in [0.2, 0.25) is 0 Å². The molecule has 0 aromatic carbocycles. The fraction of sp³-hybridized carbons (Fsp3) is 0.583. The quantitative estimate of drug-likeness (QED) is 0.507. The molecule has 1 heterocycles. The van der Waals surface area contributed by atoms with E-state index in [-0.39, 0.29) is 0 Å². The van der Waals surface area contributed by atoms with Gasteiger partial charge in [-0.1, -0.05) is 44.2 Å². The molecule has 14 heavy (non-hydrogen) atoms. The van der Waals surface area contributed by atoms with E-state index in [1.54, 1.807) is 6.20 Å². The summed E-state index contributed by atoms with van der Waals surface area (Å²) >= 11 is 5.80. The van der Waals surface area contributed by atoms with Crippen molar-refractivity contribution in [1.82, 2.24) is 4.98 Å². The molecule has 0 aliphatic carbocycles. The fourth-order valence-electron chi connectivity index (χ4n) is 1.53. The number of hydrogen-bond acceptors (Lipinski definition) is 1. The van der Waals surface area contributed by atoms with Crippen molar-refractivity contribution in [2.24, 2.45) is 0 Å². The molecule has 1 rings (SSSR count). The third-order valence-corrected chi connectivity index (χ3v) is 2.57. The Morgan fingerprint density at radius 3 is 2.71 bits per heavy atom. The first-order valence-corrected chi connectivity index (χ1v) is 5.81. The van der Waals surface area contributed by atoms with E-state index in [4.69, 9.17) is 11.6 Å². The molecule has 0 spiro atoms. The maximum absolute atomic E-state index is 5.80. The Morgan fingerprint density at radius 2 is 2.00 bits per heavy atom. The molecule has 2 heteroatoms. The molecule has 0 fully saturated rings. The van der Waals surface area contributed by atoms with Crippen molar-refractivity contribution in [1.29, 1.82) is 0 Å². The fourth-order valence-corrected chi connectivity index (χ4v) is 1.73. The maximum atomic E-state index is 5.80. The van der Waals surface area contributed by atoms with Crippen LogP contribution in [-0.4, -0.2) is 4.98 Å². The molecule has 0 bridgehead atoms.